The first-order valence-electron chi connectivity index (χ1n) is 7.78. The van der Waals surface area contributed by atoms with Gasteiger partial charge in [0.2, 0.25) is 5.91 Å². The van der Waals surface area contributed by atoms with Gasteiger partial charge in [-0.1, -0.05) is 25.3 Å². The second-order valence-corrected chi connectivity index (χ2v) is 6.61. The highest BCUT2D eigenvalue weighted by Gasteiger charge is 2.40. The van der Waals surface area contributed by atoms with Gasteiger partial charge in [0.25, 0.3) is 0 Å². The van der Waals surface area contributed by atoms with Gasteiger partial charge in [-0.15, -0.1) is 0 Å². The molecule has 3 rings (SSSR count). The van der Waals surface area contributed by atoms with Gasteiger partial charge in [-0.25, -0.2) is 0 Å². The van der Waals surface area contributed by atoms with Crippen molar-refractivity contribution >= 4 is 24.2 Å². The molecule has 1 aromatic rings. The number of benzene rings is 1. The minimum absolute atomic E-state index is 0.0994. The Morgan fingerprint density at radius 3 is 2.76 bits per heavy atom. The van der Waals surface area contributed by atoms with Crippen molar-refractivity contribution in [1.82, 2.24) is 0 Å². The number of fused-ring (bicyclic) bond motifs is 1. The third-order valence-corrected chi connectivity index (χ3v) is 4.62. The van der Waals surface area contributed by atoms with Crippen LogP contribution >= 0.6 is 0 Å². The molecule has 1 fully saturated rings. The van der Waals surface area contributed by atoms with Crippen LogP contribution in [0, 0.1) is 5.92 Å². The molecular weight excluding hydrogens is 265 g/mol. The highest BCUT2D eigenvalue weighted by molar-refractivity contribution is 6.62. The third kappa shape index (κ3) is 2.85. The minimum atomic E-state index is -0.915. The Morgan fingerprint density at radius 1 is 1.33 bits per heavy atom. The summed E-state index contributed by atoms with van der Waals surface area (Å²) in [6.45, 7) is 3.87. The van der Waals surface area contributed by atoms with Gasteiger partial charge >= 0.3 is 7.12 Å². The summed E-state index contributed by atoms with van der Waals surface area (Å²) in [5, 5.41) is 13.0. The molecule has 0 bridgehead atoms. The van der Waals surface area contributed by atoms with Gasteiger partial charge in [0.1, 0.15) is 0 Å². The van der Waals surface area contributed by atoms with E-state index in [1.54, 1.807) is 0 Å². The predicted molar refractivity (Wildman–Crippen MR) is 83.4 cm³/mol. The lowest BCUT2D eigenvalue weighted by atomic mass is 9.78. The van der Waals surface area contributed by atoms with E-state index in [4.69, 9.17) is 4.65 Å². The summed E-state index contributed by atoms with van der Waals surface area (Å²) in [4.78, 5) is 12.3. The summed E-state index contributed by atoms with van der Waals surface area (Å²) in [6.07, 6.45) is 5.48. The lowest BCUT2D eigenvalue weighted by Gasteiger charge is -2.21. The van der Waals surface area contributed by atoms with Crippen LogP contribution in [0.15, 0.2) is 18.2 Å². The third-order valence-electron chi connectivity index (χ3n) is 4.62. The minimum Gasteiger partial charge on any atom is -0.423 e. The van der Waals surface area contributed by atoms with E-state index in [0.29, 0.717) is 0 Å². The smallest absolute Gasteiger partial charge is 0.423 e. The topological polar surface area (TPSA) is 58.6 Å². The molecular formula is C16H22BNO3. The Balaban J connectivity index is 1.75. The fourth-order valence-corrected chi connectivity index (χ4v) is 3.41. The zero-order valence-electron chi connectivity index (χ0n) is 12.7. The van der Waals surface area contributed by atoms with Gasteiger partial charge < -0.3 is 15.0 Å². The van der Waals surface area contributed by atoms with E-state index in [0.717, 1.165) is 42.4 Å². The largest absolute Gasteiger partial charge is 0.492 e. The van der Waals surface area contributed by atoms with E-state index in [1.807, 2.05) is 32.0 Å². The maximum Gasteiger partial charge on any atom is 0.492 e. The summed E-state index contributed by atoms with van der Waals surface area (Å²) in [7, 11) is -0.915. The second-order valence-electron chi connectivity index (χ2n) is 6.61. The van der Waals surface area contributed by atoms with E-state index >= 15 is 0 Å². The molecule has 1 aliphatic carbocycles. The molecule has 0 spiro atoms. The van der Waals surface area contributed by atoms with Crippen LogP contribution in [0.2, 0.25) is 0 Å². The maximum absolute atomic E-state index is 12.3. The second kappa shape index (κ2) is 5.46. The molecule has 1 saturated carbocycles. The Bertz CT molecular complexity index is 552. The normalized spacial score (nSPS) is 21.2. The van der Waals surface area contributed by atoms with Gasteiger partial charge in [0, 0.05) is 11.6 Å². The molecule has 2 N–H and O–H groups in total. The monoisotopic (exact) mass is 287 g/mol. The Hall–Kier alpha value is -1.33. The fourth-order valence-electron chi connectivity index (χ4n) is 3.41. The number of nitrogens with one attached hydrogen (secondary N) is 1. The molecule has 1 heterocycles. The quantitative estimate of drug-likeness (QED) is 0.819. The van der Waals surface area contributed by atoms with E-state index in [2.05, 4.69) is 5.32 Å². The summed E-state index contributed by atoms with van der Waals surface area (Å²) < 4.78 is 5.54. The lowest BCUT2D eigenvalue weighted by Crippen LogP contribution is -2.30. The van der Waals surface area contributed by atoms with E-state index in [1.165, 1.54) is 6.42 Å². The summed E-state index contributed by atoms with van der Waals surface area (Å²) in [5.74, 6) is 0.229. The van der Waals surface area contributed by atoms with Gasteiger partial charge in [0.15, 0.2) is 0 Å². The standard InChI is InChI=1S/C16H22BNO3/c1-16(2)13-9-8-12(10-14(13)17(20)21-16)18-15(19)11-6-4-3-5-7-11/h8-11,20H,3-7H2,1-2H3,(H,18,19). The average molecular weight is 287 g/mol. The van der Waals surface area contributed by atoms with Crippen molar-refractivity contribution in [2.24, 2.45) is 5.92 Å². The predicted octanol–water partition coefficient (Wildman–Crippen LogP) is 2.16. The highest BCUT2D eigenvalue weighted by atomic mass is 16.5. The number of amides is 1. The molecule has 5 heteroatoms. The number of hydrogen-bond acceptors (Lipinski definition) is 3. The lowest BCUT2D eigenvalue weighted by molar-refractivity contribution is -0.120. The van der Waals surface area contributed by atoms with Gasteiger partial charge in [-0.05, 0) is 49.8 Å². The molecule has 112 valence electrons. The van der Waals surface area contributed by atoms with Crippen LogP contribution < -0.4 is 10.8 Å². The van der Waals surface area contributed by atoms with Crippen LogP contribution in [0.25, 0.3) is 0 Å². The van der Waals surface area contributed by atoms with E-state index in [9.17, 15) is 9.82 Å². The van der Waals surface area contributed by atoms with Crippen molar-refractivity contribution in [3.05, 3.63) is 23.8 Å². The van der Waals surface area contributed by atoms with Crippen molar-refractivity contribution in [2.45, 2.75) is 51.6 Å². The zero-order chi connectivity index (χ0) is 15.0. The molecule has 0 saturated heterocycles. The molecule has 21 heavy (non-hydrogen) atoms. The summed E-state index contributed by atoms with van der Waals surface area (Å²) in [6, 6.07) is 5.65. The number of carbonyl (C=O) groups is 1. The van der Waals surface area contributed by atoms with Crippen LogP contribution in [0.4, 0.5) is 5.69 Å². The maximum atomic E-state index is 12.3. The van der Waals surface area contributed by atoms with E-state index in [-0.39, 0.29) is 11.8 Å². The van der Waals surface area contributed by atoms with Crippen molar-refractivity contribution in [2.75, 3.05) is 5.32 Å². The number of rotatable bonds is 2. The average Bonchev–Trinajstić information content (AvgIpc) is 2.69. The van der Waals surface area contributed by atoms with Gasteiger partial charge in [0.05, 0.1) is 5.60 Å². The van der Waals surface area contributed by atoms with Gasteiger partial charge in [-0.3, -0.25) is 4.79 Å². The van der Waals surface area contributed by atoms with Crippen LogP contribution in [-0.4, -0.2) is 18.0 Å². The number of hydrogen-bond donors (Lipinski definition) is 2. The number of anilines is 1. The van der Waals surface area contributed by atoms with E-state index < -0.39 is 12.7 Å². The highest BCUT2D eigenvalue weighted by Crippen LogP contribution is 2.31. The van der Waals surface area contributed by atoms with Crippen LogP contribution in [0.3, 0.4) is 0 Å². The Kier molecular flexibility index (Phi) is 3.80. The molecule has 0 atom stereocenters. The molecule has 1 amide bonds. The molecule has 1 aromatic carbocycles. The molecule has 0 unspecified atom stereocenters. The SMILES string of the molecule is CC1(C)OB(O)c2cc(NC(=O)C3CCCCC3)ccc21. The van der Waals surface area contributed by atoms with Crippen molar-refractivity contribution in [1.29, 1.82) is 0 Å². The first kappa shape index (κ1) is 14.6. The molecule has 0 radical (unpaired) electrons. The molecule has 2 aliphatic rings. The molecule has 1 aliphatic heterocycles. The Morgan fingerprint density at radius 2 is 2.05 bits per heavy atom. The first-order chi connectivity index (χ1) is 9.97. The first-order valence-corrected chi connectivity index (χ1v) is 7.78. The summed E-state index contributed by atoms with van der Waals surface area (Å²) in [5.41, 5.74) is 1.98. The van der Waals surface area contributed by atoms with Crippen LogP contribution in [0.1, 0.15) is 51.5 Å². The molecule has 0 aromatic heterocycles. The number of carbonyl (C=O) groups excluding carboxylic acids is 1. The van der Waals surface area contributed by atoms with Crippen LogP contribution in [0.5, 0.6) is 0 Å². The van der Waals surface area contributed by atoms with Crippen molar-refractivity contribution in [3.8, 4) is 0 Å². The Labute approximate surface area is 126 Å². The summed E-state index contributed by atoms with van der Waals surface area (Å²) >= 11 is 0. The van der Waals surface area contributed by atoms with Gasteiger partial charge in [-0.2, -0.15) is 0 Å². The molecule has 4 nitrogen and oxygen atoms in total. The van der Waals surface area contributed by atoms with Crippen molar-refractivity contribution < 1.29 is 14.5 Å². The van der Waals surface area contributed by atoms with Crippen LogP contribution in [-0.2, 0) is 15.0 Å². The fraction of sp³-hybridized carbons (Fsp3) is 0.562. The van der Waals surface area contributed by atoms with Crippen molar-refractivity contribution in [3.63, 3.8) is 0 Å². The zero-order valence-corrected chi connectivity index (χ0v) is 12.7.